The Labute approximate surface area is 369 Å². The first kappa shape index (κ1) is 47.3. The maximum Gasteiger partial charge on any atom is 0.475 e. The van der Waals surface area contributed by atoms with Gasteiger partial charge in [0, 0.05) is 39.1 Å². The van der Waals surface area contributed by atoms with E-state index >= 15 is 13.6 Å². The van der Waals surface area contributed by atoms with Gasteiger partial charge < -0.3 is 19.3 Å². The number of aliphatic hydroxyl groups is 1. The van der Waals surface area contributed by atoms with E-state index in [-0.39, 0.29) is 60.0 Å². The lowest BCUT2D eigenvalue weighted by atomic mass is 9.46. The van der Waals surface area contributed by atoms with Crippen LogP contribution in [0.25, 0.3) is 0 Å². The highest BCUT2D eigenvalue weighted by molar-refractivity contribution is 7.48. The zero-order valence-corrected chi connectivity index (χ0v) is 38.2. The highest BCUT2D eigenvalue weighted by Gasteiger charge is 2.76. The average molecular weight is 898 g/mol. The van der Waals surface area contributed by atoms with Crippen LogP contribution < -0.4 is 5.32 Å². The number of unbranched alkanes of at least 4 members (excludes halogenated alkanes) is 2. The summed E-state index contributed by atoms with van der Waals surface area (Å²) in [5.74, 6) is -4.56. The monoisotopic (exact) mass is 897 g/mol. The fourth-order valence-electron chi connectivity index (χ4n) is 10.9. The molecule has 0 aromatic heterocycles. The molecule has 0 radical (unpaired) electrons. The molecule has 4 fully saturated rings. The number of fused-ring (bicyclic) bond motifs is 7. The van der Waals surface area contributed by atoms with Crippen molar-refractivity contribution in [1.29, 1.82) is 0 Å². The number of carbonyl (C=O) groups is 3. The van der Waals surface area contributed by atoms with Crippen LogP contribution in [0.4, 0.5) is 19.3 Å². The number of amides is 1. The van der Waals surface area contributed by atoms with Gasteiger partial charge in [0.05, 0.1) is 25.4 Å². The first-order valence-corrected chi connectivity index (χ1v) is 23.8. The molecule has 0 spiro atoms. The zero-order chi connectivity index (χ0) is 45.6. The van der Waals surface area contributed by atoms with E-state index in [1.54, 1.807) is 32.9 Å². The third kappa shape index (κ3) is 9.03. The van der Waals surface area contributed by atoms with E-state index in [4.69, 9.17) is 27.8 Å². The topological polar surface area (TPSA) is 156 Å². The number of Topliss-reactive ketones (excluding diaryl/α,β-unsaturated/α-hetero) is 1. The van der Waals surface area contributed by atoms with Crippen LogP contribution in [-0.4, -0.2) is 66.0 Å². The number of carbonyl (C=O) groups excluding carboxylic acids is 3. The van der Waals surface area contributed by atoms with Gasteiger partial charge in [0.25, 0.3) is 5.92 Å². The molecule has 1 heterocycles. The zero-order valence-electron chi connectivity index (χ0n) is 37.3. The first-order chi connectivity index (χ1) is 29.7. The van der Waals surface area contributed by atoms with Gasteiger partial charge in [-0.05, 0) is 95.4 Å². The van der Waals surface area contributed by atoms with E-state index < -0.39 is 72.8 Å². The third-order valence-electron chi connectivity index (χ3n) is 13.9. The fraction of sp³-hybridized carbons (Fsp3) is 0.604. The van der Waals surface area contributed by atoms with Crippen molar-refractivity contribution in [2.24, 2.45) is 28.6 Å². The highest BCUT2D eigenvalue weighted by Crippen LogP contribution is 2.70. The summed E-state index contributed by atoms with van der Waals surface area (Å²) in [6, 6.07) is 10.9. The van der Waals surface area contributed by atoms with Crippen LogP contribution in [0.15, 0.2) is 72.3 Å². The van der Waals surface area contributed by atoms with E-state index in [2.05, 4.69) is 12.2 Å². The molecule has 9 atom stereocenters. The molecule has 2 N–H and O–H groups in total. The van der Waals surface area contributed by atoms with Crippen molar-refractivity contribution in [1.82, 2.24) is 0 Å². The number of rotatable bonds is 16. The largest absolute Gasteiger partial charge is 0.475 e. The number of alkyl halides is 2. The number of halogens is 2. The number of nitrogens with one attached hydrogen (secondary N) is 1. The number of hydrogen-bond donors (Lipinski definition) is 2. The highest BCUT2D eigenvalue weighted by atomic mass is 31.2. The Bertz CT molecular complexity index is 2140. The van der Waals surface area contributed by atoms with E-state index in [0.717, 1.165) is 18.4 Å². The average Bonchev–Trinajstić information content (AvgIpc) is 3.72. The molecule has 4 aliphatic carbocycles. The second kappa shape index (κ2) is 18.0. The molecule has 3 saturated carbocycles. The van der Waals surface area contributed by atoms with Crippen molar-refractivity contribution in [2.45, 2.75) is 135 Å². The summed E-state index contributed by atoms with van der Waals surface area (Å²) in [7, 11) is -4.18. The van der Waals surface area contributed by atoms with Gasteiger partial charge in [0.15, 0.2) is 23.5 Å². The molecular weight excluding hydrogens is 835 g/mol. The van der Waals surface area contributed by atoms with Crippen LogP contribution in [0.5, 0.6) is 0 Å². The first-order valence-electron chi connectivity index (χ1n) is 22.3. The van der Waals surface area contributed by atoms with Gasteiger partial charge in [-0.2, -0.15) is 8.78 Å². The molecule has 2 aromatic carbocycles. The predicted molar refractivity (Wildman–Crippen MR) is 231 cm³/mol. The van der Waals surface area contributed by atoms with Crippen LogP contribution in [-0.2, 0) is 47.9 Å². The van der Waals surface area contributed by atoms with Gasteiger partial charge in [0.2, 0.25) is 0 Å². The van der Waals surface area contributed by atoms with Crippen molar-refractivity contribution in [3.63, 3.8) is 0 Å². The molecule has 2 aromatic rings. The molecule has 63 heavy (non-hydrogen) atoms. The molecule has 1 amide bonds. The second-order valence-corrected chi connectivity index (χ2v) is 20.8. The van der Waals surface area contributed by atoms with Crippen LogP contribution in [0, 0.1) is 28.6 Å². The van der Waals surface area contributed by atoms with Gasteiger partial charge in [-0.1, -0.05) is 88.6 Å². The molecule has 1 saturated heterocycles. The Hall–Kier alpha value is -3.62. The number of benzene rings is 2. The van der Waals surface area contributed by atoms with Gasteiger partial charge in [-0.3, -0.25) is 28.5 Å². The Morgan fingerprint density at radius 1 is 0.984 bits per heavy atom. The summed E-state index contributed by atoms with van der Waals surface area (Å²) in [5, 5.41) is 14.7. The number of phosphoric ester groups is 1. The number of allylic oxidation sites excluding steroid dienone is 4. The number of aliphatic hydroxyl groups excluding tert-OH is 1. The lowest BCUT2D eigenvalue weighted by Gasteiger charge is -2.59. The van der Waals surface area contributed by atoms with Crippen LogP contribution >= 0.6 is 7.82 Å². The molecule has 5 aliphatic rings. The molecule has 12 nitrogen and oxygen atoms in total. The van der Waals surface area contributed by atoms with Crippen LogP contribution in [0.1, 0.15) is 123 Å². The van der Waals surface area contributed by atoms with Crippen molar-refractivity contribution in [2.75, 3.05) is 25.1 Å². The predicted octanol–water partition coefficient (Wildman–Crippen LogP) is 10.5. The minimum absolute atomic E-state index is 0.0687. The Morgan fingerprint density at radius 3 is 2.32 bits per heavy atom. The summed E-state index contributed by atoms with van der Waals surface area (Å²) in [6.07, 6.45) is 6.16. The Morgan fingerprint density at radius 2 is 1.67 bits per heavy atom. The summed E-state index contributed by atoms with van der Waals surface area (Å²) < 4.78 is 82.2. The van der Waals surface area contributed by atoms with E-state index in [1.807, 2.05) is 26.8 Å². The number of ether oxygens (including phenoxy) is 3. The minimum Gasteiger partial charge on any atom is -0.444 e. The maximum absolute atomic E-state index is 16.1. The van der Waals surface area contributed by atoms with Crippen LogP contribution in [0.3, 0.4) is 0 Å². The maximum atomic E-state index is 16.1. The Balaban J connectivity index is 1.17. The molecule has 7 rings (SSSR count). The molecular formula is C48H62F2NO11P. The number of anilines is 1. The smallest absolute Gasteiger partial charge is 0.444 e. The molecule has 0 unspecified atom stereocenters. The summed E-state index contributed by atoms with van der Waals surface area (Å²) in [4.78, 5) is 39.8. The van der Waals surface area contributed by atoms with Gasteiger partial charge in [-0.15, -0.1) is 0 Å². The van der Waals surface area contributed by atoms with E-state index in [0.29, 0.717) is 37.7 Å². The number of phosphoric acid groups is 1. The third-order valence-corrected chi connectivity index (χ3v) is 15.4. The number of ketones is 2. The number of hydrogen-bond acceptors (Lipinski definition) is 11. The molecule has 0 bridgehead atoms. The van der Waals surface area contributed by atoms with Crippen molar-refractivity contribution >= 4 is 31.2 Å². The summed E-state index contributed by atoms with van der Waals surface area (Å²) in [5.41, 5.74) is -3.21. The quantitative estimate of drug-likeness (QED) is 0.122. The fourth-order valence-corrected chi connectivity index (χ4v) is 12.1. The lowest BCUT2D eigenvalue weighted by Crippen LogP contribution is -2.63. The van der Waals surface area contributed by atoms with Crippen molar-refractivity contribution < 1.29 is 60.6 Å². The molecule has 344 valence electrons. The second-order valence-electron chi connectivity index (χ2n) is 19.2. The Kier molecular flexibility index (Phi) is 13.5. The van der Waals surface area contributed by atoms with Gasteiger partial charge in [0.1, 0.15) is 12.2 Å². The van der Waals surface area contributed by atoms with Crippen LogP contribution in [0.2, 0.25) is 0 Å². The molecule has 1 aliphatic heterocycles. The lowest BCUT2D eigenvalue weighted by molar-refractivity contribution is -0.201. The standard InChI is InChI=1S/C48H62F2NO11P/c1-8-10-23-57-63(56,58-24-11-9-2)59-29-39(54)47-40(27-37-36-20-19-32-26-35(52)21-22-45(32,6)41(36)38(53)28-46(37,47)7)60-42(61-47)30-15-17-31(18-16-30)48(49,50)33-13-12-14-34(25-33)51-43(55)62-44(3,4)5/h12-18,21-22,25-26,36-38,40-42,53H,8-11,19-20,23-24,27-29H2,1-7H3,(H,51,55)/t36-,37-,38-,40+,41+,42+,45-,46-,47+/m0/s1. The normalized spacial score (nSPS) is 31.4. The molecule has 15 heteroatoms. The summed E-state index contributed by atoms with van der Waals surface area (Å²) >= 11 is 0. The van der Waals surface area contributed by atoms with Gasteiger partial charge >= 0.3 is 13.9 Å². The van der Waals surface area contributed by atoms with E-state index in [1.165, 1.54) is 48.5 Å². The van der Waals surface area contributed by atoms with Crippen molar-refractivity contribution in [3.8, 4) is 0 Å². The van der Waals surface area contributed by atoms with Gasteiger partial charge in [-0.25, -0.2) is 9.36 Å². The van der Waals surface area contributed by atoms with E-state index in [9.17, 15) is 19.3 Å². The van der Waals surface area contributed by atoms with Crippen molar-refractivity contribution in [3.05, 3.63) is 89.0 Å². The minimum atomic E-state index is -4.18. The summed E-state index contributed by atoms with van der Waals surface area (Å²) in [6.45, 7) is 12.6. The SMILES string of the molecule is CCCCOP(=O)(OCCCC)OCC(=O)[C@@]12O[C@H](c3ccc(C(F)(F)c4cccc(NC(=O)OC(C)(C)C)c4)cc3)O[C@@H]1C[C@H]1[C@@H]3CCC4=CC(=O)C=C[C@]4(C)[C@H]3[C@@H](O)C[C@@]12C.